The molecule has 4 heteroatoms. The lowest BCUT2D eigenvalue weighted by Crippen LogP contribution is -2.46. The SMILES string of the molecule is Cc1ccc(-c2ccc(C(=O)N3CCC(C=O)(c4ccccc4)CC3)o2)cc1. The lowest BCUT2D eigenvalue weighted by atomic mass is 9.74. The van der Waals surface area contributed by atoms with Gasteiger partial charge in [0.15, 0.2) is 5.76 Å². The fourth-order valence-electron chi connectivity index (χ4n) is 3.84. The number of nitrogens with zero attached hydrogens (tertiary/aromatic N) is 1. The third-order valence-electron chi connectivity index (χ3n) is 5.67. The Morgan fingerprint density at radius 3 is 2.29 bits per heavy atom. The molecule has 1 fully saturated rings. The number of aldehydes is 1. The molecule has 0 spiro atoms. The van der Waals surface area contributed by atoms with Crippen molar-refractivity contribution in [3.8, 4) is 11.3 Å². The molecule has 2 heterocycles. The van der Waals surface area contributed by atoms with Crippen LogP contribution in [0, 0.1) is 6.92 Å². The molecule has 0 radical (unpaired) electrons. The summed E-state index contributed by atoms with van der Waals surface area (Å²) in [6.07, 6.45) is 2.29. The molecule has 1 aliphatic rings. The molecule has 1 saturated heterocycles. The average molecular weight is 373 g/mol. The number of carbonyl (C=O) groups is 2. The van der Waals surface area contributed by atoms with E-state index in [9.17, 15) is 9.59 Å². The van der Waals surface area contributed by atoms with Gasteiger partial charge < -0.3 is 14.1 Å². The summed E-state index contributed by atoms with van der Waals surface area (Å²) in [5.41, 5.74) is 2.65. The Morgan fingerprint density at radius 2 is 1.64 bits per heavy atom. The molecule has 1 aliphatic heterocycles. The van der Waals surface area contributed by atoms with Gasteiger partial charge in [-0.2, -0.15) is 0 Å². The van der Waals surface area contributed by atoms with Crippen molar-refractivity contribution in [2.75, 3.05) is 13.1 Å². The van der Waals surface area contributed by atoms with E-state index in [4.69, 9.17) is 4.42 Å². The van der Waals surface area contributed by atoms with Crippen LogP contribution in [0.1, 0.15) is 34.5 Å². The van der Waals surface area contributed by atoms with E-state index in [0.717, 1.165) is 17.4 Å². The largest absolute Gasteiger partial charge is 0.451 e. The lowest BCUT2D eigenvalue weighted by Gasteiger charge is -2.38. The number of piperidine rings is 1. The Hall–Kier alpha value is -3.14. The second-order valence-corrected chi connectivity index (χ2v) is 7.46. The van der Waals surface area contributed by atoms with Crippen LogP contribution in [-0.2, 0) is 10.2 Å². The summed E-state index contributed by atoms with van der Waals surface area (Å²) in [5, 5.41) is 0. The normalized spacial score (nSPS) is 16.0. The summed E-state index contributed by atoms with van der Waals surface area (Å²) in [4.78, 5) is 26.5. The fraction of sp³-hybridized carbons (Fsp3) is 0.250. The van der Waals surface area contributed by atoms with Gasteiger partial charge in [0.1, 0.15) is 12.0 Å². The van der Waals surface area contributed by atoms with Crippen molar-refractivity contribution in [1.29, 1.82) is 0 Å². The molecule has 0 unspecified atom stereocenters. The number of aryl methyl sites for hydroxylation is 1. The van der Waals surface area contributed by atoms with E-state index in [2.05, 4.69) is 0 Å². The maximum absolute atomic E-state index is 12.9. The molecule has 4 rings (SSSR count). The molecule has 0 saturated carbocycles. The van der Waals surface area contributed by atoms with Crippen molar-refractivity contribution < 1.29 is 14.0 Å². The summed E-state index contributed by atoms with van der Waals surface area (Å²) >= 11 is 0. The Balaban J connectivity index is 1.47. The molecule has 0 bridgehead atoms. The van der Waals surface area contributed by atoms with E-state index >= 15 is 0 Å². The molecule has 2 aromatic carbocycles. The van der Waals surface area contributed by atoms with E-state index in [1.165, 1.54) is 5.56 Å². The van der Waals surface area contributed by atoms with Gasteiger partial charge in [0.2, 0.25) is 0 Å². The fourth-order valence-corrected chi connectivity index (χ4v) is 3.84. The summed E-state index contributed by atoms with van der Waals surface area (Å²) < 4.78 is 5.83. The molecule has 142 valence electrons. The quantitative estimate of drug-likeness (QED) is 0.627. The van der Waals surface area contributed by atoms with E-state index in [1.807, 2.05) is 67.6 Å². The third-order valence-corrected chi connectivity index (χ3v) is 5.67. The predicted octanol–water partition coefficient (Wildman–Crippen LogP) is 4.63. The topological polar surface area (TPSA) is 50.5 Å². The molecular weight excluding hydrogens is 350 g/mol. The monoisotopic (exact) mass is 373 g/mol. The Morgan fingerprint density at radius 1 is 0.964 bits per heavy atom. The van der Waals surface area contributed by atoms with Crippen LogP contribution in [0.3, 0.4) is 0 Å². The van der Waals surface area contributed by atoms with Crippen molar-refractivity contribution in [3.05, 3.63) is 83.6 Å². The second kappa shape index (κ2) is 7.47. The van der Waals surface area contributed by atoms with Crippen LogP contribution in [0.4, 0.5) is 0 Å². The van der Waals surface area contributed by atoms with Crippen LogP contribution in [0.15, 0.2) is 71.1 Å². The molecule has 28 heavy (non-hydrogen) atoms. The van der Waals surface area contributed by atoms with E-state index in [1.54, 1.807) is 11.0 Å². The smallest absolute Gasteiger partial charge is 0.289 e. The summed E-state index contributed by atoms with van der Waals surface area (Å²) in [5.74, 6) is 0.909. The number of furan rings is 1. The van der Waals surface area contributed by atoms with Crippen LogP contribution in [0.2, 0.25) is 0 Å². The number of likely N-dealkylation sites (tertiary alicyclic amines) is 1. The van der Waals surface area contributed by atoms with Gasteiger partial charge in [-0.25, -0.2) is 0 Å². The lowest BCUT2D eigenvalue weighted by molar-refractivity contribution is -0.114. The molecular formula is C24H23NO3. The minimum Gasteiger partial charge on any atom is -0.451 e. The van der Waals surface area contributed by atoms with Gasteiger partial charge in [-0.3, -0.25) is 4.79 Å². The molecule has 1 amide bonds. The Labute approximate surface area is 164 Å². The van der Waals surface area contributed by atoms with Crippen molar-refractivity contribution in [1.82, 2.24) is 4.90 Å². The van der Waals surface area contributed by atoms with E-state index in [0.29, 0.717) is 37.5 Å². The summed E-state index contributed by atoms with van der Waals surface area (Å²) in [7, 11) is 0. The first kappa shape index (κ1) is 18.2. The van der Waals surface area contributed by atoms with Gasteiger partial charge in [0.25, 0.3) is 5.91 Å². The predicted molar refractivity (Wildman–Crippen MR) is 108 cm³/mol. The van der Waals surface area contributed by atoms with Crippen molar-refractivity contribution in [2.24, 2.45) is 0 Å². The highest BCUT2D eigenvalue weighted by Gasteiger charge is 2.37. The van der Waals surface area contributed by atoms with Crippen molar-refractivity contribution in [2.45, 2.75) is 25.2 Å². The van der Waals surface area contributed by atoms with Gasteiger partial charge in [0.05, 0.1) is 5.41 Å². The molecule has 3 aromatic rings. The van der Waals surface area contributed by atoms with Gasteiger partial charge in [-0.15, -0.1) is 0 Å². The van der Waals surface area contributed by atoms with Gasteiger partial charge in [-0.1, -0.05) is 60.2 Å². The zero-order chi connectivity index (χ0) is 19.6. The summed E-state index contributed by atoms with van der Waals surface area (Å²) in [6.45, 7) is 3.10. The number of carbonyl (C=O) groups excluding carboxylic acids is 2. The first-order valence-corrected chi connectivity index (χ1v) is 9.59. The minimum absolute atomic E-state index is 0.120. The van der Waals surface area contributed by atoms with Crippen LogP contribution >= 0.6 is 0 Å². The number of hydrogen-bond donors (Lipinski definition) is 0. The minimum atomic E-state index is -0.506. The highest BCUT2D eigenvalue weighted by atomic mass is 16.4. The van der Waals surface area contributed by atoms with Crippen LogP contribution in [0.5, 0.6) is 0 Å². The number of amides is 1. The average Bonchev–Trinajstić information content (AvgIpc) is 3.25. The molecule has 0 atom stereocenters. The third kappa shape index (κ3) is 3.38. The highest BCUT2D eigenvalue weighted by molar-refractivity contribution is 5.92. The van der Waals surface area contributed by atoms with Crippen LogP contribution in [0.25, 0.3) is 11.3 Å². The Bertz CT molecular complexity index is 965. The maximum Gasteiger partial charge on any atom is 0.289 e. The van der Waals surface area contributed by atoms with Crippen molar-refractivity contribution >= 4 is 12.2 Å². The first-order valence-electron chi connectivity index (χ1n) is 9.59. The van der Waals surface area contributed by atoms with Crippen LogP contribution < -0.4 is 0 Å². The molecule has 4 nitrogen and oxygen atoms in total. The van der Waals surface area contributed by atoms with E-state index in [-0.39, 0.29) is 5.91 Å². The molecule has 0 aliphatic carbocycles. The second-order valence-electron chi connectivity index (χ2n) is 7.46. The highest BCUT2D eigenvalue weighted by Crippen LogP contribution is 2.34. The standard InChI is InChI=1S/C24H23NO3/c1-18-7-9-19(10-8-18)21-11-12-22(28-21)23(27)25-15-13-24(17-26,14-16-25)20-5-3-2-4-6-20/h2-12,17H,13-16H2,1H3. The van der Waals surface area contributed by atoms with Crippen molar-refractivity contribution in [3.63, 3.8) is 0 Å². The maximum atomic E-state index is 12.9. The van der Waals surface area contributed by atoms with Gasteiger partial charge >= 0.3 is 0 Å². The zero-order valence-electron chi connectivity index (χ0n) is 15.9. The van der Waals surface area contributed by atoms with Gasteiger partial charge in [0, 0.05) is 18.7 Å². The Kier molecular flexibility index (Phi) is 4.86. The number of hydrogen-bond acceptors (Lipinski definition) is 3. The zero-order valence-corrected chi connectivity index (χ0v) is 15.9. The molecule has 0 N–H and O–H groups in total. The summed E-state index contributed by atoms with van der Waals surface area (Å²) in [6, 6.07) is 21.4. The molecule has 1 aromatic heterocycles. The first-order chi connectivity index (χ1) is 13.6. The number of rotatable bonds is 4. The van der Waals surface area contributed by atoms with E-state index < -0.39 is 5.41 Å². The number of benzene rings is 2. The van der Waals surface area contributed by atoms with Crippen LogP contribution in [-0.4, -0.2) is 30.2 Å². The van der Waals surface area contributed by atoms with Gasteiger partial charge in [-0.05, 0) is 37.5 Å².